The minimum absolute atomic E-state index is 0.102. The molecular weight excluding hydrogens is 278 g/mol. The third-order valence-electron chi connectivity index (χ3n) is 3.01. The Morgan fingerprint density at radius 1 is 1.53 bits per heavy atom. The fourth-order valence-electron chi connectivity index (χ4n) is 2.06. The van der Waals surface area contributed by atoms with Gasteiger partial charge in [-0.25, -0.2) is 0 Å². The SMILES string of the molecule is C#CC1CC(=O)N(CCc2cccc(Br)c2)C1. The Hall–Kier alpha value is -1.27. The molecule has 0 N–H and O–H groups in total. The van der Waals surface area contributed by atoms with Crippen molar-refractivity contribution in [3.05, 3.63) is 34.3 Å². The van der Waals surface area contributed by atoms with Crippen LogP contribution in [0.5, 0.6) is 0 Å². The van der Waals surface area contributed by atoms with Crippen LogP contribution in [0.2, 0.25) is 0 Å². The zero-order chi connectivity index (χ0) is 12.3. The first-order chi connectivity index (χ1) is 8.19. The number of terminal acetylenes is 1. The lowest BCUT2D eigenvalue weighted by molar-refractivity contribution is -0.127. The summed E-state index contributed by atoms with van der Waals surface area (Å²) in [6.07, 6.45) is 6.74. The molecule has 0 radical (unpaired) electrons. The van der Waals surface area contributed by atoms with Crippen molar-refractivity contribution in [3.8, 4) is 12.3 Å². The molecule has 17 heavy (non-hydrogen) atoms. The number of carbonyl (C=O) groups is 1. The van der Waals surface area contributed by atoms with Gasteiger partial charge in [0.1, 0.15) is 0 Å². The summed E-state index contributed by atoms with van der Waals surface area (Å²) in [5.41, 5.74) is 1.23. The standard InChI is InChI=1S/C14H14BrNO/c1-2-11-9-14(17)16(10-11)7-6-12-4-3-5-13(15)8-12/h1,3-5,8,11H,6-7,9-10H2. The average molecular weight is 292 g/mol. The average Bonchev–Trinajstić information content (AvgIpc) is 2.68. The molecule has 2 rings (SSSR count). The zero-order valence-electron chi connectivity index (χ0n) is 9.53. The molecule has 1 unspecified atom stereocenters. The van der Waals surface area contributed by atoms with E-state index in [-0.39, 0.29) is 11.8 Å². The lowest BCUT2D eigenvalue weighted by Crippen LogP contribution is -2.27. The van der Waals surface area contributed by atoms with Gasteiger partial charge in [0.05, 0.1) is 0 Å². The molecule has 88 valence electrons. The number of likely N-dealkylation sites (tertiary alicyclic amines) is 1. The second kappa shape index (κ2) is 5.37. The van der Waals surface area contributed by atoms with Gasteiger partial charge in [-0.3, -0.25) is 4.79 Å². The second-order valence-corrected chi connectivity index (χ2v) is 5.20. The lowest BCUT2D eigenvalue weighted by atomic mass is 10.1. The third kappa shape index (κ3) is 3.10. The Kier molecular flexibility index (Phi) is 3.86. The molecule has 0 aliphatic carbocycles. The topological polar surface area (TPSA) is 20.3 Å². The second-order valence-electron chi connectivity index (χ2n) is 4.29. The largest absolute Gasteiger partial charge is 0.341 e. The highest BCUT2D eigenvalue weighted by atomic mass is 79.9. The molecule has 1 amide bonds. The Bertz CT molecular complexity index is 464. The van der Waals surface area contributed by atoms with Gasteiger partial charge in [0, 0.05) is 29.9 Å². The summed E-state index contributed by atoms with van der Waals surface area (Å²) in [5.74, 6) is 2.95. The maximum Gasteiger partial charge on any atom is 0.223 e. The molecule has 1 aromatic carbocycles. The third-order valence-corrected chi connectivity index (χ3v) is 3.50. The van der Waals surface area contributed by atoms with Crippen LogP contribution in [-0.2, 0) is 11.2 Å². The van der Waals surface area contributed by atoms with E-state index < -0.39 is 0 Å². The predicted molar refractivity (Wildman–Crippen MR) is 71.4 cm³/mol. The number of hydrogen-bond acceptors (Lipinski definition) is 1. The molecule has 1 saturated heterocycles. The molecule has 1 atom stereocenters. The van der Waals surface area contributed by atoms with E-state index in [0.29, 0.717) is 13.0 Å². The molecule has 2 nitrogen and oxygen atoms in total. The maximum atomic E-state index is 11.7. The maximum absolute atomic E-state index is 11.7. The number of rotatable bonds is 3. The first-order valence-electron chi connectivity index (χ1n) is 5.67. The van der Waals surface area contributed by atoms with E-state index in [0.717, 1.165) is 17.4 Å². The van der Waals surface area contributed by atoms with E-state index in [1.54, 1.807) is 0 Å². The molecule has 1 aromatic rings. The quantitative estimate of drug-likeness (QED) is 0.784. The van der Waals surface area contributed by atoms with Gasteiger partial charge in [-0.15, -0.1) is 12.3 Å². The summed E-state index contributed by atoms with van der Waals surface area (Å²) >= 11 is 3.44. The van der Waals surface area contributed by atoms with Gasteiger partial charge in [0.15, 0.2) is 0 Å². The van der Waals surface area contributed by atoms with Crippen LogP contribution >= 0.6 is 15.9 Å². The van der Waals surface area contributed by atoms with Crippen molar-refractivity contribution in [2.24, 2.45) is 5.92 Å². The molecule has 0 aromatic heterocycles. The van der Waals surface area contributed by atoms with Crippen LogP contribution in [0.3, 0.4) is 0 Å². The number of amides is 1. The van der Waals surface area contributed by atoms with Crippen molar-refractivity contribution < 1.29 is 4.79 Å². The van der Waals surface area contributed by atoms with Crippen LogP contribution in [0.1, 0.15) is 12.0 Å². The van der Waals surface area contributed by atoms with Crippen molar-refractivity contribution in [2.75, 3.05) is 13.1 Å². The van der Waals surface area contributed by atoms with Crippen molar-refractivity contribution in [2.45, 2.75) is 12.8 Å². The van der Waals surface area contributed by atoms with Crippen molar-refractivity contribution in [3.63, 3.8) is 0 Å². The Morgan fingerprint density at radius 2 is 2.35 bits per heavy atom. The van der Waals surface area contributed by atoms with Gasteiger partial charge >= 0.3 is 0 Å². The van der Waals surface area contributed by atoms with E-state index in [1.165, 1.54) is 5.56 Å². The van der Waals surface area contributed by atoms with Crippen LogP contribution in [0, 0.1) is 18.3 Å². The molecule has 0 saturated carbocycles. The Balaban J connectivity index is 1.91. The molecule has 0 bridgehead atoms. The zero-order valence-corrected chi connectivity index (χ0v) is 11.1. The van der Waals surface area contributed by atoms with Gasteiger partial charge in [-0.1, -0.05) is 28.1 Å². The van der Waals surface area contributed by atoms with Crippen LogP contribution in [0.25, 0.3) is 0 Å². The summed E-state index contributed by atoms with van der Waals surface area (Å²) in [4.78, 5) is 13.5. The number of hydrogen-bond donors (Lipinski definition) is 0. The highest BCUT2D eigenvalue weighted by Crippen LogP contribution is 2.18. The molecule has 0 spiro atoms. The fourth-order valence-corrected chi connectivity index (χ4v) is 2.50. The smallest absolute Gasteiger partial charge is 0.223 e. The van der Waals surface area contributed by atoms with Crippen LogP contribution in [0.4, 0.5) is 0 Å². The monoisotopic (exact) mass is 291 g/mol. The van der Waals surface area contributed by atoms with Gasteiger partial charge in [0.2, 0.25) is 5.91 Å². The van der Waals surface area contributed by atoms with Crippen molar-refractivity contribution in [1.82, 2.24) is 4.90 Å². The van der Waals surface area contributed by atoms with E-state index in [9.17, 15) is 4.79 Å². The molecule has 1 fully saturated rings. The molecule has 1 aliphatic rings. The van der Waals surface area contributed by atoms with Crippen LogP contribution in [0.15, 0.2) is 28.7 Å². The van der Waals surface area contributed by atoms with Crippen molar-refractivity contribution >= 4 is 21.8 Å². The number of nitrogens with zero attached hydrogens (tertiary/aromatic N) is 1. The van der Waals surface area contributed by atoms with E-state index >= 15 is 0 Å². The highest BCUT2D eigenvalue weighted by Gasteiger charge is 2.27. The summed E-state index contributed by atoms with van der Waals surface area (Å²) in [6.45, 7) is 1.47. The van der Waals surface area contributed by atoms with Gasteiger partial charge in [-0.05, 0) is 24.1 Å². The Labute approximate surface area is 110 Å². The normalized spacial score (nSPS) is 19.4. The summed E-state index contributed by atoms with van der Waals surface area (Å²) in [7, 11) is 0. The minimum atomic E-state index is 0.102. The van der Waals surface area contributed by atoms with Crippen LogP contribution < -0.4 is 0 Å². The number of benzene rings is 1. The first-order valence-corrected chi connectivity index (χ1v) is 6.46. The van der Waals surface area contributed by atoms with E-state index in [4.69, 9.17) is 6.42 Å². The fraction of sp³-hybridized carbons (Fsp3) is 0.357. The van der Waals surface area contributed by atoms with Crippen LogP contribution in [-0.4, -0.2) is 23.9 Å². The Morgan fingerprint density at radius 3 is 3.00 bits per heavy atom. The summed E-state index contributed by atoms with van der Waals surface area (Å²) in [6, 6.07) is 8.16. The van der Waals surface area contributed by atoms with Crippen molar-refractivity contribution in [1.29, 1.82) is 0 Å². The van der Waals surface area contributed by atoms with Gasteiger partial charge in [-0.2, -0.15) is 0 Å². The predicted octanol–water partition coefficient (Wildman–Crippen LogP) is 2.47. The summed E-state index contributed by atoms with van der Waals surface area (Å²) in [5, 5.41) is 0. The summed E-state index contributed by atoms with van der Waals surface area (Å²) < 4.78 is 1.07. The molecular formula is C14H14BrNO. The molecule has 3 heteroatoms. The highest BCUT2D eigenvalue weighted by molar-refractivity contribution is 9.10. The lowest BCUT2D eigenvalue weighted by Gasteiger charge is -2.15. The van der Waals surface area contributed by atoms with E-state index in [1.807, 2.05) is 17.0 Å². The van der Waals surface area contributed by atoms with Gasteiger partial charge in [0.25, 0.3) is 0 Å². The first kappa shape index (κ1) is 12.2. The number of carbonyl (C=O) groups excluding carboxylic acids is 1. The molecule has 1 aliphatic heterocycles. The minimum Gasteiger partial charge on any atom is -0.341 e. The number of halogens is 1. The van der Waals surface area contributed by atoms with Gasteiger partial charge < -0.3 is 4.90 Å². The molecule has 1 heterocycles. The van der Waals surface area contributed by atoms with E-state index in [2.05, 4.69) is 34.0 Å².